The van der Waals surface area contributed by atoms with E-state index in [1.165, 1.54) is 5.56 Å². The summed E-state index contributed by atoms with van der Waals surface area (Å²) >= 11 is 0. The molecule has 0 spiro atoms. The lowest BCUT2D eigenvalue weighted by atomic mass is 10.0. The highest BCUT2D eigenvalue weighted by molar-refractivity contribution is 6.04. The largest absolute Gasteiger partial charge is 0.372 e. The zero-order valence-electron chi connectivity index (χ0n) is 17.2. The second-order valence-electron chi connectivity index (χ2n) is 7.88. The number of nitrogens with one attached hydrogen (secondary N) is 1. The summed E-state index contributed by atoms with van der Waals surface area (Å²) in [5.41, 5.74) is 4.17. The molecule has 2 amide bonds. The Kier molecular flexibility index (Phi) is 5.56. The number of hydrogen-bond donors (Lipinski definition) is 1. The van der Waals surface area contributed by atoms with Crippen LogP contribution in [-0.2, 0) is 16.0 Å². The molecule has 5 nitrogen and oxygen atoms in total. The summed E-state index contributed by atoms with van der Waals surface area (Å²) < 4.78 is 0. The van der Waals surface area contributed by atoms with E-state index in [1.54, 1.807) is 0 Å². The fourth-order valence-corrected chi connectivity index (χ4v) is 4.30. The van der Waals surface area contributed by atoms with Crippen LogP contribution < -0.4 is 15.1 Å². The molecule has 1 N–H and O–H groups in total. The molecule has 2 aliphatic rings. The third-order valence-electron chi connectivity index (χ3n) is 6.08. The van der Waals surface area contributed by atoms with Gasteiger partial charge in [0.05, 0.1) is 11.8 Å². The third kappa shape index (κ3) is 4.00. The van der Waals surface area contributed by atoms with E-state index in [0.717, 1.165) is 49.5 Å². The molecule has 0 radical (unpaired) electrons. The number of aryl methyl sites for hydroxylation is 1. The molecule has 1 aliphatic carbocycles. The van der Waals surface area contributed by atoms with E-state index in [0.29, 0.717) is 6.42 Å². The summed E-state index contributed by atoms with van der Waals surface area (Å²) in [6.45, 7) is 6.91. The molecule has 1 fully saturated rings. The first-order chi connectivity index (χ1) is 14.1. The minimum absolute atomic E-state index is 0.0516. The van der Waals surface area contributed by atoms with E-state index in [9.17, 15) is 9.59 Å². The quantitative estimate of drug-likeness (QED) is 0.807. The molecule has 0 bridgehead atoms. The van der Waals surface area contributed by atoms with Crippen molar-refractivity contribution in [1.82, 2.24) is 0 Å². The molecule has 152 valence electrons. The van der Waals surface area contributed by atoms with E-state index in [4.69, 9.17) is 0 Å². The topological polar surface area (TPSA) is 52.7 Å². The van der Waals surface area contributed by atoms with E-state index in [1.807, 2.05) is 47.4 Å². The van der Waals surface area contributed by atoms with Crippen molar-refractivity contribution in [3.8, 4) is 0 Å². The molecule has 1 saturated carbocycles. The van der Waals surface area contributed by atoms with E-state index >= 15 is 0 Å². The van der Waals surface area contributed by atoms with E-state index in [2.05, 4.69) is 30.1 Å². The number of carbonyl (C=O) groups excluding carboxylic acids is 2. The first kappa shape index (κ1) is 19.5. The van der Waals surface area contributed by atoms with Crippen molar-refractivity contribution in [2.75, 3.05) is 34.8 Å². The second-order valence-corrected chi connectivity index (χ2v) is 7.88. The maximum absolute atomic E-state index is 13.0. The maximum atomic E-state index is 13.0. The van der Waals surface area contributed by atoms with Gasteiger partial charge in [0.25, 0.3) is 0 Å². The highest BCUT2D eigenvalue weighted by Gasteiger charge is 2.50. The number of hydrogen-bond acceptors (Lipinski definition) is 3. The van der Waals surface area contributed by atoms with Crippen molar-refractivity contribution in [3.63, 3.8) is 0 Å². The number of rotatable bonds is 6. The fourth-order valence-electron chi connectivity index (χ4n) is 4.30. The van der Waals surface area contributed by atoms with Crippen molar-refractivity contribution in [2.45, 2.75) is 33.1 Å². The zero-order chi connectivity index (χ0) is 20.4. The van der Waals surface area contributed by atoms with Crippen LogP contribution in [0.2, 0.25) is 0 Å². The van der Waals surface area contributed by atoms with Crippen LogP contribution in [-0.4, -0.2) is 31.4 Å². The van der Waals surface area contributed by atoms with Crippen LogP contribution in [0.4, 0.5) is 17.1 Å². The average Bonchev–Trinajstić information content (AvgIpc) is 3.56. The SMILES string of the molecule is CCN(CC)c1ccc(NC(=O)C2CC2C(=O)N2CCCc3ccccc32)cc1. The van der Waals surface area contributed by atoms with Gasteiger partial charge in [-0.05, 0) is 69.0 Å². The predicted octanol–water partition coefficient (Wildman–Crippen LogP) is 4.09. The van der Waals surface area contributed by atoms with E-state index < -0.39 is 0 Å². The minimum Gasteiger partial charge on any atom is -0.372 e. The summed E-state index contributed by atoms with van der Waals surface area (Å²) in [6, 6.07) is 16.0. The standard InChI is InChI=1S/C24H29N3O2/c1-3-26(4-2)19-13-11-18(12-14-19)25-23(28)20-16-21(20)24(29)27-15-7-9-17-8-5-6-10-22(17)27/h5-6,8,10-14,20-21H,3-4,7,9,15-16H2,1-2H3,(H,25,28). The zero-order valence-corrected chi connectivity index (χ0v) is 17.2. The van der Waals surface area contributed by atoms with Crippen LogP contribution in [0.15, 0.2) is 48.5 Å². The molecule has 2 aromatic rings. The van der Waals surface area contributed by atoms with Crippen LogP contribution >= 0.6 is 0 Å². The summed E-state index contributed by atoms with van der Waals surface area (Å²) in [5.74, 6) is -0.381. The van der Waals surface area contributed by atoms with Gasteiger partial charge >= 0.3 is 0 Å². The Balaban J connectivity index is 1.37. The average molecular weight is 392 g/mol. The molecule has 5 heteroatoms. The van der Waals surface area contributed by atoms with Gasteiger partial charge in [0.2, 0.25) is 11.8 Å². The van der Waals surface area contributed by atoms with Crippen LogP contribution in [0.3, 0.4) is 0 Å². The maximum Gasteiger partial charge on any atom is 0.230 e. The van der Waals surface area contributed by atoms with Gasteiger partial charge in [-0.15, -0.1) is 0 Å². The Morgan fingerprint density at radius 1 is 1.03 bits per heavy atom. The lowest BCUT2D eigenvalue weighted by molar-refractivity contribution is -0.123. The lowest BCUT2D eigenvalue weighted by Crippen LogP contribution is -2.37. The smallest absolute Gasteiger partial charge is 0.230 e. The summed E-state index contributed by atoms with van der Waals surface area (Å²) in [5, 5.41) is 2.98. The van der Waals surface area contributed by atoms with Crippen molar-refractivity contribution in [3.05, 3.63) is 54.1 Å². The third-order valence-corrected chi connectivity index (χ3v) is 6.08. The van der Waals surface area contributed by atoms with Crippen LogP contribution in [0.1, 0.15) is 32.3 Å². The fraction of sp³-hybridized carbons (Fsp3) is 0.417. The van der Waals surface area contributed by atoms with Gasteiger partial charge in [0.1, 0.15) is 0 Å². The second kappa shape index (κ2) is 8.27. The molecular weight excluding hydrogens is 362 g/mol. The number of nitrogens with zero attached hydrogens (tertiary/aromatic N) is 2. The van der Waals surface area contributed by atoms with Crippen molar-refractivity contribution in [1.29, 1.82) is 0 Å². The highest BCUT2D eigenvalue weighted by Crippen LogP contribution is 2.42. The van der Waals surface area contributed by atoms with Gasteiger partial charge in [-0.1, -0.05) is 18.2 Å². The Hall–Kier alpha value is -2.82. The number of anilines is 3. The molecule has 2 atom stereocenters. The van der Waals surface area contributed by atoms with Gasteiger partial charge in [-0.3, -0.25) is 9.59 Å². The number of para-hydroxylation sites is 1. The number of amides is 2. The van der Waals surface area contributed by atoms with Gasteiger partial charge in [-0.25, -0.2) is 0 Å². The minimum atomic E-state index is -0.223. The Labute approximate surface area is 172 Å². The molecular formula is C24H29N3O2. The van der Waals surface area contributed by atoms with Crippen molar-refractivity contribution < 1.29 is 9.59 Å². The van der Waals surface area contributed by atoms with Crippen LogP contribution in [0.5, 0.6) is 0 Å². The van der Waals surface area contributed by atoms with Crippen LogP contribution in [0, 0.1) is 11.8 Å². The first-order valence-electron chi connectivity index (χ1n) is 10.7. The van der Waals surface area contributed by atoms with Gasteiger partial charge < -0.3 is 15.1 Å². The molecule has 2 unspecified atom stereocenters. The summed E-state index contributed by atoms with van der Waals surface area (Å²) in [6.07, 6.45) is 2.63. The van der Waals surface area contributed by atoms with Gasteiger partial charge in [0, 0.05) is 36.7 Å². The number of benzene rings is 2. The van der Waals surface area contributed by atoms with Gasteiger partial charge in [-0.2, -0.15) is 0 Å². The molecule has 1 heterocycles. The van der Waals surface area contributed by atoms with Gasteiger partial charge in [0.15, 0.2) is 0 Å². The molecule has 4 rings (SSSR count). The molecule has 29 heavy (non-hydrogen) atoms. The summed E-state index contributed by atoms with van der Waals surface area (Å²) in [4.78, 5) is 29.8. The lowest BCUT2D eigenvalue weighted by Gasteiger charge is -2.29. The Bertz CT molecular complexity index is 889. The van der Waals surface area contributed by atoms with Crippen molar-refractivity contribution >= 4 is 28.9 Å². The monoisotopic (exact) mass is 391 g/mol. The van der Waals surface area contributed by atoms with Crippen LogP contribution in [0.25, 0.3) is 0 Å². The summed E-state index contributed by atoms with van der Waals surface area (Å²) in [7, 11) is 0. The highest BCUT2D eigenvalue weighted by atomic mass is 16.2. The predicted molar refractivity (Wildman–Crippen MR) is 117 cm³/mol. The Morgan fingerprint density at radius 3 is 2.48 bits per heavy atom. The molecule has 1 aliphatic heterocycles. The number of fused-ring (bicyclic) bond motifs is 1. The molecule has 0 aromatic heterocycles. The molecule has 2 aromatic carbocycles. The van der Waals surface area contributed by atoms with E-state index in [-0.39, 0.29) is 23.7 Å². The number of carbonyl (C=O) groups is 2. The first-order valence-corrected chi connectivity index (χ1v) is 10.7. The Morgan fingerprint density at radius 2 is 1.76 bits per heavy atom. The van der Waals surface area contributed by atoms with Crippen molar-refractivity contribution in [2.24, 2.45) is 11.8 Å². The molecule has 0 saturated heterocycles. The normalized spacial score (nSPS) is 20.0.